The lowest BCUT2D eigenvalue weighted by atomic mass is 9.99. The Morgan fingerprint density at radius 1 is 1.53 bits per heavy atom. The van der Waals surface area contributed by atoms with Gasteiger partial charge in [0, 0.05) is 24.6 Å². The summed E-state index contributed by atoms with van der Waals surface area (Å²) in [5.41, 5.74) is 0.596. The number of likely N-dealkylation sites (N-methyl/N-ethyl adjacent to an activating group) is 1. The maximum Gasteiger partial charge on any atom is 0.126 e. The van der Waals surface area contributed by atoms with E-state index < -0.39 is 0 Å². The maximum atomic E-state index is 13.5. The lowest BCUT2D eigenvalue weighted by Crippen LogP contribution is -2.21. The van der Waals surface area contributed by atoms with Gasteiger partial charge in [0.05, 0.1) is 6.61 Å². The van der Waals surface area contributed by atoms with Crippen molar-refractivity contribution in [3.05, 3.63) is 34.6 Å². The second-order valence-electron chi connectivity index (χ2n) is 3.38. The molecule has 0 heterocycles. The summed E-state index contributed by atoms with van der Waals surface area (Å²) in [6, 6.07) is 4.58. The van der Waals surface area contributed by atoms with Crippen LogP contribution in [0.25, 0.3) is 0 Å². The molecule has 0 amide bonds. The Morgan fingerprint density at radius 3 is 2.87 bits per heavy atom. The van der Waals surface area contributed by atoms with Crippen LogP contribution in [-0.2, 0) is 4.74 Å². The highest BCUT2D eigenvalue weighted by Crippen LogP contribution is 2.22. The van der Waals surface area contributed by atoms with Gasteiger partial charge in [-0.1, -0.05) is 11.6 Å². The molecule has 0 spiro atoms. The van der Waals surface area contributed by atoms with Gasteiger partial charge in [-0.25, -0.2) is 4.39 Å². The van der Waals surface area contributed by atoms with Gasteiger partial charge in [-0.3, -0.25) is 0 Å². The molecule has 1 aromatic carbocycles. The quantitative estimate of drug-likeness (QED) is 0.841. The molecule has 1 N–H and O–H groups in total. The highest BCUT2D eigenvalue weighted by molar-refractivity contribution is 6.30. The van der Waals surface area contributed by atoms with Crippen molar-refractivity contribution < 1.29 is 9.13 Å². The third-order valence-corrected chi connectivity index (χ3v) is 2.45. The molecule has 4 heteroatoms. The Kier molecular flexibility index (Phi) is 5.02. The summed E-state index contributed by atoms with van der Waals surface area (Å²) >= 11 is 5.83. The molecule has 84 valence electrons. The van der Waals surface area contributed by atoms with Crippen LogP contribution in [0, 0.1) is 5.82 Å². The second kappa shape index (κ2) is 6.05. The van der Waals surface area contributed by atoms with Crippen LogP contribution >= 0.6 is 11.6 Å². The summed E-state index contributed by atoms with van der Waals surface area (Å²) in [5.74, 6) is -0.254. The molecular weight excluding hydrogens is 217 g/mol. The van der Waals surface area contributed by atoms with Crippen molar-refractivity contribution in [2.24, 2.45) is 0 Å². The van der Waals surface area contributed by atoms with E-state index in [9.17, 15) is 4.39 Å². The SMILES string of the molecule is CNCC(COC)c1cc(Cl)ccc1F. The highest BCUT2D eigenvalue weighted by Gasteiger charge is 2.15. The second-order valence-corrected chi connectivity index (χ2v) is 3.81. The van der Waals surface area contributed by atoms with E-state index in [4.69, 9.17) is 16.3 Å². The molecule has 0 aliphatic carbocycles. The van der Waals surface area contributed by atoms with E-state index in [1.165, 1.54) is 6.07 Å². The fraction of sp³-hybridized carbons (Fsp3) is 0.455. The molecule has 1 atom stereocenters. The number of ether oxygens (including phenoxy) is 1. The minimum absolute atomic E-state index is 0.0151. The van der Waals surface area contributed by atoms with Gasteiger partial charge in [0.2, 0.25) is 0 Å². The van der Waals surface area contributed by atoms with Crippen LogP contribution in [0.4, 0.5) is 4.39 Å². The maximum absolute atomic E-state index is 13.5. The monoisotopic (exact) mass is 231 g/mol. The van der Waals surface area contributed by atoms with E-state index in [0.717, 1.165) is 0 Å². The van der Waals surface area contributed by atoms with Crippen LogP contribution in [0.5, 0.6) is 0 Å². The van der Waals surface area contributed by atoms with Gasteiger partial charge in [-0.2, -0.15) is 0 Å². The molecular formula is C11H15ClFNO. The van der Waals surface area contributed by atoms with Crippen LogP contribution in [0.1, 0.15) is 11.5 Å². The molecule has 1 aromatic rings. The Labute approximate surface area is 94.4 Å². The third kappa shape index (κ3) is 3.45. The predicted octanol–water partition coefficient (Wildman–Crippen LogP) is 2.43. The van der Waals surface area contributed by atoms with Gasteiger partial charge in [-0.15, -0.1) is 0 Å². The topological polar surface area (TPSA) is 21.3 Å². The number of methoxy groups -OCH3 is 1. The van der Waals surface area contributed by atoms with E-state index in [0.29, 0.717) is 23.7 Å². The van der Waals surface area contributed by atoms with Gasteiger partial charge in [0.15, 0.2) is 0 Å². The van der Waals surface area contributed by atoms with Gasteiger partial charge in [0.1, 0.15) is 5.82 Å². The summed E-state index contributed by atoms with van der Waals surface area (Å²) in [6.07, 6.45) is 0. The molecule has 1 unspecified atom stereocenters. The van der Waals surface area contributed by atoms with Crippen LogP contribution in [-0.4, -0.2) is 27.3 Å². The Hall–Kier alpha value is -0.640. The molecule has 0 fully saturated rings. The van der Waals surface area contributed by atoms with Gasteiger partial charge in [0.25, 0.3) is 0 Å². The van der Waals surface area contributed by atoms with Crippen molar-refractivity contribution in [2.45, 2.75) is 5.92 Å². The van der Waals surface area contributed by atoms with Crippen LogP contribution in [0.3, 0.4) is 0 Å². The highest BCUT2D eigenvalue weighted by atomic mass is 35.5. The number of benzene rings is 1. The van der Waals surface area contributed by atoms with Crippen molar-refractivity contribution in [1.29, 1.82) is 0 Å². The van der Waals surface area contributed by atoms with Crippen molar-refractivity contribution in [3.63, 3.8) is 0 Å². The average Bonchev–Trinajstić information content (AvgIpc) is 2.21. The molecule has 0 aliphatic rings. The van der Waals surface area contributed by atoms with E-state index in [1.807, 2.05) is 7.05 Å². The van der Waals surface area contributed by atoms with Gasteiger partial charge >= 0.3 is 0 Å². The van der Waals surface area contributed by atoms with E-state index in [1.54, 1.807) is 19.2 Å². The minimum Gasteiger partial charge on any atom is -0.384 e. The Balaban J connectivity index is 2.93. The smallest absolute Gasteiger partial charge is 0.126 e. The molecule has 0 bridgehead atoms. The van der Waals surface area contributed by atoms with Crippen molar-refractivity contribution in [1.82, 2.24) is 5.32 Å². The predicted molar refractivity (Wildman–Crippen MR) is 60.0 cm³/mol. The first-order chi connectivity index (χ1) is 7.19. The van der Waals surface area contributed by atoms with Gasteiger partial charge < -0.3 is 10.1 Å². The summed E-state index contributed by atoms with van der Waals surface area (Å²) in [4.78, 5) is 0. The number of halogens is 2. The lowest BCUT2D eigenvalue weighted by Gasteiger charge is -2.16. The zero-order valence-electron chi connectivity index (χ0n) is 8.89. The minimum atomic E-state index is -0.239. The summed E-state index contributed by atoms with van der Waals surface area (Å²) in [5, 5.41) is 3.55. The zero-order valence-corrected chi connectivity index (χ0v) is 9.64. The number of hydrogen-bond donors (Lipinski definition) is 1. The number of rotatable bonds is 5. The van der Waals surface area contributed by atoms with Crippen molar-refractivity contribution in [3.8, 4) is 0 Å². The fourth-order valence-corrected chi connectivity index (χ4v) is 1.71. The average molecular weight is 232 g/mol. The molecule has 0 saturated carbocycles. The molecule has 0 aliphatic heterocycles. The summed E-state index contributed by atoms with van der Waals surface area (Å²) < 4.78 is 18.6. The number of hydrogen-bond acceptors (Lipinski definition) is 2. The molecule has 2 nitrogen and oxygen atoms in total. The zero-order chi connectivity index (χ0) is 11.3. The van der Waals surface area contributed by atoms with Crippen LogP contribution in [0.2, 0.25) is 5.02 Å². The Bertz CT molecular complexity index is 313. The van der Waals surface area contributed by atoms with E-state index in [2.05, 4.69) is 5.32 Å². The van der Waals surface area contributed by atoms with Crippen molar-refractivity contribution >= 4 is 11.6 Å². The normalized spacial score (nSPS) is 12.8. The van der Waals surface area contributed by atoms with Crippen molar-refractivity contribution in [2.75, 3.05) is 27.3 Å². The molecule has 1 rings (SSSR count). The van der Waals surface area contributed by atoms with Crippen LogP contribution < -0.4 is 5.32 Å². The lowest BCUT2D eigenvalue weighted by molar-refractivity contribution is 0.177. The van der Waals surface area contributed by atoms with Gasteiger partial charge in [-0.05, 0) is 30.8 Å². The third-order valence-electron chi connectivity index (χ3n) is 2.22. The number of nitrogens with one attached hydrogen (secondary N) is 1. The van der Waals surface area contributed by atoms with E-state index >= 15 is 0 Å². The summed E-state index contributed by atoms with van der Waals surface area (Å²) in [6.45, 7) is 1.13. The first kappa shape index (κ1) is 12.4. The largest absolute Gasteiger partial charge is 0.384 e. The Morgan fingerprint density at radius 2 is 2.27 bits per heavy atom. The van der Waals surface area contributed by atoms with E-state index in [-0.39, 0.29) is 11.7 Å². The summed E-state index contributed by atoms with van der Waals surface area (Å²) in [7, 11) is 3.43. The molecule has 0 saturated heterocycles. The fourth-order valence-electron chi connectivity index (χ4n) is 1.53. The standard InChI is InChI=1S/C11H15ClFNO/c1-14-6-8(7-15-2)10-5-9(12)3-4-11(10)13/h3-5,8,14H,6-7H2,1-2H3. The molecule has 0 radical (unpaired) electrons. The molecule has 0 aromatic heterocycles. The molecule has 15 heavy (non-hydrogen) atoms. The first-order valence-electron chi connectivity index (χ1n) is 4.77. The van der Waals surface area contributed by atoms with Crippen LogP contribution in [0.15, 0.2) is 18.2 Å². The first-order valence-corrected chi connectivity index (χ1v) is 5.15.